The Morgan fingerprint density at radius 2 is 1.58 bits per heavy atom. The van der Waals surface area contributed by atoms with Gasteiger partial charge in [0.2, 0.25) is 0 Å². The van der Waals surface area contributed by atoms with Gasteiger partial charge in [0.1, 0.15) is 12.4 Å². The van der Waals surface area contributed by atoms with Crippen LogP contribution in [0.5, 0.6) is 5.75 Å². The van der Waals surface area contributed by atoms with Gasteiger partial charge in [-0.05, 0) is 56.2 Å². The Morgan fingerprint density at radius 3 is 2.08 bits per heavy atom. The maximum Gasteiger partial charge on any atom is 0.314 e. The third kappa shape index (κ3) is 4.36. The van der Waals surface area contributed by atoms with Gasteiger partial charge in [0.25, 0.3) is 0 Å². The largest absolute Gasteiger partial charge is 0.492 e. The number of carbonyl (C=O) groups excluding carboxylic acids is 1. The van der Waals surface area contributed by atoms with E-state index in [0.717, 1.165) is 11.1 Å². The first kappa shape index (κ1) is 17.6. The molecule has 0 atom stereocenters. The quantitative estimate of drug-likeness (QED) is 0.748. The molecule has 0 radical (unpaired) electrons. The molecular weight excluding hydrogens is 302 g/mol. The second-order valence-electron chi connectivity index (χ2n) is 6.11. The Bertz CT molecular complexity index is 725. The van der Waals surface area contributed by atoms with Gasteiger partial charge < -0.3 is 9.47 Å². The Morgan fingerprint density at radius 1 is 1.04 bits per heavy atom. The van der Waals surface area contributed by atoms with Crippen molar-refractivity contribution in [2.45, 2.75) is 20.8 Å². The van der Waals surface area contributed by atoms with E-state index in [1.807, 2.05) is 36.4 Å². The van der Waals surface area contributed by atoms with Crippen molar-refractivity contribution in [1.82, 2.24) is 0 Å². The molecule has 4 heteroatoms. The highest BCUT2D eigenvalue weighted by Crippen LogP contribution is 2.25. The first-order valence-electron chi connectivity index (χ1n) is 7.87. The van der Waals surface area contributed by atoms with Crippen LogP contribution in [-0.2, 0) is 9.53 Å². The summed E-state index contributed by atoms with van der Waals surface area (Å²) in [4.78, 5) is 11.9. The van der Waals surface area contributed by atoms with Crippen LogP contribution in [0, 0.1) is 16.7 Å². The summed E-state index contributed by atoms with van der Waals surface area (Å²) in [6.45, 7) is 6.01. The summed E-state index contributed by atoms with van der Waals surface area (Å²) in [6.07, 6.45) is 0. The number of carbonyl (C=O) groups is 1. The van der Waals surface area contributed by atoms with Crippen LogP contribution in [0.3, 0.4) is 0 Å². The highest BCUT2D eigenvalue weighted by Gasteiger charge is 2.30. The third-order valence-corrected chi connectivity index (χ3v) is 3.63. The van der Waals surface area contributed by atoms with Gasteiger partial charge in [-0.15, -0.1) is 0 Å². The molecule has 0 amide bonds. The number of benzene rings is 2. The number of nitriles is 1. The molecule has 0 unspecified atom stereocenters. The topological polar surface area (TPSA) is 59.3 Å². The lowest BCUT2D eigenvalue weighted by Crippen LogP contribution is -2.32. The maximum atomic E-state index is 11.9. The van der Waals surface area contributed by atoms with Crippen molar-refractivity contribution in [1.29, 1.82) is 5.26 Å². The molecule has 0 saturated carbocycles. The summed E-state index contributed by atoms with van der Waals surface area (Å²) < 4.78 is 10.8. The van der Waals surface area contributed by atoms with Crippen molar-refractivity contribution in [3.8, 4) is 22.9 Å². The van der Waals surface area contributed by atoms with Crippen LogP contribution >= 0.6 is 0 Å². The average Bonchev–Trinajstić information content (AvgIpc) is 2.61. The number of hydrogen-bond acceptors (Lipinski definition) is 4. The van der Waals surface area contributed by atoms with Crippen molar-refractivity contribution < 1.29 is 14.3 Å². The summed E-state index contributed by atoms with van der Waals surface area (Å²) >= 11 is 0. The first-order chi connectivity index (χ1) is 11.5. The lowest BCUT2D eigenvalue weighted by atomic mass is 9.95. The molecule has 4 nitrogen and oxygen atoms in total. The van der Waals surface area contributed by atoms with Gasteiger partial charge in [0.05, 0.1) is 23.7 Å². The van der Waals surface area contributed by atoms with Crippen LogP contribution in [0.25, 0.3) is 11.1 Å². The van der Waals surface area contributed by atoms with Crippen molar-refractivity contribution in [3.05, 3.63) is 54.1 Å². The van der Waals surface area contributed by atoms with E-state index in [0.29, 0.717) is 17.9 Å². The lowest BCUT2D eigenvalue weighted by Gasteiger charge is -2.22. The Balaban J connectivity index is 2.01. The van der Waals surface area contributed by atoms with E-state index in [2.05, 4.69) is 6.07 Å². The average molecular weight is 323 g/mol. The predicted molar refractivity (Wildman–Crippen MR) is 92.5 cm³/mol. The molecule has 2 aromatic carbocycles. The number of rotatable bonds is 6. The fourth-order valence-corrected chi connectivity index (χ4v) is 2.13. The second-order valence-corrected chi connectivity index (χ2v) is 6.11. The third-order valence-electron chi connectivity index (χ3n) is 3.63. The molecule has 0 aliphatic rings. The lowest BCUT2D eigenvalue weighted by molar-refractivity contribution is -0.155. The van der Waals surface area contributed by atoms with E-state index in [-0.39, 0.29) is 12.6 Å². The zero-order valence-corrected chi connectivity index (χ0v) is 14.2. The minimum Gasteiger partial charge on any atom is -0.492 e. The zero-order valence-electron chi connectivity index (χ0n) is 14.2. The fourth-order valence-electron chi connectivity index (χ4n) is 2.13. The van der Waals surface area contributed by atoms with Gasteiger partial charge in [-0.1, -0.05) is 24.3 Å². The molecule has 0 saturated heterocycles. The Kier molecular flexibility index (Phi) is 5.59. The van der Waals surface area contributed by atoms with Crippen LogP contribution in [0.2, 0.25) is 0 Å². The van der Waals surface area contributed by atoms with Gasteiger partial charge in [-0.3, -0.25) is 4.79 Å². The van der Waals surface area contributed by atoms with E-state index >= 15 is 0 Å². The summed E-state index contributed by atoms with van der Waals surface area (Å²) in [5, 5.41) is 8.83. The van der Waals surface area contributed by atoms with E-state index < -0.39 is 5.41 Å². The number of nitrogens with zero attached hydrogens (tertiary/aromatic N) is 1. The number of esters is 1. The normalized spacial score (nSPS) is 10.8. The molecule has 0 bridgehead atoms. The van der Waals surface area contributed by atoms with Gasteiger partial charge >= 0.3 is 5.97 Å². The summed E-state index contributed by atoms with van der Waals surface area (Å²) in [7, 11) is 0. The SMILES string of the molecule is CCOC(=O)C(C)(C)COc1ccc(-c2ccc(C#N)cc2)cc1. The molecule has 0 fully saturated rings. The Hall–Kier alpha value is -2.80. The van der Waals surface area contributed by atoms with E-state index in [9.17, 15) is 4.79 Å². The molecule has 124 valence electrons. The highest BCUT2D eigenvalue weighted by atomic mass is 16.5. The molecule has 0 spiro atoms. The van der Waals surface area contributed by atoms with E-state index in [4.69, 9.17) is 14.7 Å². The molecule has 0 aromatic heterocycles. The van der Waals surface area contributed by atoms with Crippen molar-refractivity contribution >= 4 is 5.97 Å². The molecule has 0 N–H and O–H groups in total. The van der Waals surface area contributed by atoms with Crippen molar-refractivity contribution in [2.24, 2.45) is 5.41 Å². The monoisotopic (exact) mass is 323 g/mol. The molecular formula is C20H21NO3. The van der Waals surface area contributed by atoms with Crippen molar-refractivity contribution in [2.75, 3.05) is 13.2 Å². The second kappa shape index (κ2) is 7.65. The number of ether oxygens (including phenoxy) is 2. The smallest absolute Gasteiger partial charge is 0.314 e. The predicted octanol–water partition coefficient (Wildman–Crippen LogP) is 4.19. The molecule has 24 heavy (non-hydrogen) atoms. The highest BCUT2D eigenvalue weighted by molar-refractivity contribution is 5.76. The minimum absolute atomic E-state index is 0.252. The van der Waals surface area contributed by atoms with Gasteiger partial charge in [0.15, 0.2) is 0 Å². The molecule has 2 rings (SSSR count). The molecule has 0 heterocycles. The van der Waals surface area contributed by atoms with Crippen LogP contribution in [0.1, 0.15) is 26.3 Å². The summed E-state index contributed by atoms with van der Waals surface area (Å²) in [6, 6.07) is 17.2. The molecule has 0 aliphatic heterocycles. The van der Waals surface area contributed by atoms with Crippen LogP contribution in [-0.4, -0.2) is 19.2 Å². The van der Waals surface area contributed by atoms with Gasteiger partial charge in [-0.25, -0.2) is 0 Å². The maximum absolute atomic E-state index is 11.9. The Labute approximate surface area is 142 Å². The van der Waals surface area contributed by atoms with E-state index in [1.54, 1.807) is 32.9 Å². The van der Waals surface area contributed by atoms with E-state index in [1.165, 1.54) is 0 Å². The first-order valence-corrected chi connectivity index (χ1v) is 7.87. The van der Waals surface area contributed by atoms with Crippen LogP contribution in [0.4, 0.5) is 0 Å². The summed E-state index contributed by atoms with van der Waals surface area (Å²) in [5.74, 6) is 0.434. The molecule has 0 aliphatic carbocycles. The minimum atomic E-state index is -0.693. The molecule has 2 aromatic rings. The van der Waals surface area contributed by atoms with Crippen LogP contribution < -0.4 is 4.74 Å². The van der Waals surface area contributed by atoms with Gasteiger partial charge in [0, 0.05) is 0 Å². The van der Waals surface area contributed by atoms with Gasteiger partial charge in [-0.2, -0.15) is 5.26 Å². The standard InChI is InChI=1S/C20H21NO3/c1-4-23-19(22)20(2,3)14-24-18-11-9-17(10-12-18)16-7-5-15(13-21)6-8-16/h5-12H,4,14H2,1-3H3. The van der Waals surface area contributed by atoms with Crippen LogP contribution in [0.15, 0.2) is 48.5 Å². The zero-order chi connectivity index (χ0) is 17.6. The summed E-state index contributed by atoms with van der Waals surface area (Å²) in [5.41, 5.74) is 2.02. The van der Waals surface area contributed by atoms with Crippen molar-refractivity contribution in [3.63, 3.8) is 0 Å². The number of hydrogen-bond donors (Lipinski definition) is 0. The fraction of sp³-hybridized carbons (Fsp3) is 0.300.